The Balaban J connectivity index is 2.63. The van der Waals surface area contributed by atoms with Gasteiger partial charge in [-0.1, -0.05) is 26.0 Å². The molecular weight excluding hydrogens is 222 g/mol. The first-order valence-corrected chi connectivity index (χ1v) is 6.96. The van der Waals surface area contributed by atoms with Crippen molar-refractivity contribution >= 4 is 0 Å². The first-order chi connectivity index (χ1) is 8.52. The van der Waals surface area contributed by atoms with Gasteiger partial charge in [0.2, 0.25) is 0 Å². The van der Waals surface area contributed by atoms with E-state index in [9.17, 15) is 0 Å². The van der Waals surface area contributed by atoms with Gasteiger partial charge in [-0.3, -0.25) is 0 Å². The molecule has 2 nitrogen and oxygen atoms in total. The first-order valence-electron chi connectivity index (χ1n) is 6.96. The number of rotatable bonds is 7. The highest BCUT2D eigenvalue weighted by Gasteiger charge is 2.10. The summed E-state index contributed by atoms with van der Waals surface area (Å²) in [6, 6.07) is 8.91. The van der Waals surface area contributed by atoms with Gasteiger partial charge in [0, 0.05) is 6.04 Å². The van der Waals surface area contributed by atoms with Gasteiger partial charge in [-0.25, -0.2) is 0 Å². The van der Waals surface area contributed by atoms with Crippen LogP contribution in [0, 0.1) is 5.92 Å². The van der Waals surface area contributed by atoms with Crippen LogP contribution in [0.4, 0.5) is 0 Å². The molecule has 18 heavy (non-hydrogen) atoms. The van der Waals surface area contributed by atoms with Gasteiger partial charge < -0.3 is 10.1 Å². The molecule has 0 aliphatic rings. The normalized spacial score (nSPS) is 13.1. The topological polar surface area (TPSA) is 21.3 Å². The Bertz CT molecular complexity index is 329. The second-order valence-corrected chi connectivity index (χ2v) is 5.55. The highest BCUT2D eigenvalue weighted by Crippen LogP contribution is 2.23. The third-order valence-electron chi connectivity index (χ3n) is 3.04. The molecule has 0 aliphatic heterocycles. The van der Waals surface area contributed by atoms with Crippen molar-refractivity contribution in [1.82, 2.24) is 5.32 Å². The zero-order valence-electron chi connectivity index (χ0n) is 12.4. The van der Waals surface area contributed by atoms with Crippen LogP contribution in [0.3, 0.4) is 0 Å². The van der Waals surface area contributed by atoms with E-state index < -0.39 is 0 Å². The van der Waals surface area contributed by atoms with E-state index in [1.54, 1.807) is 0 Å². The molecule has 0 aliphatic carbocycles. The van der Waals surface area contributed by atoms with Crippen LogP contribution in [0.25, 0.3) is 0 Å². The summed E-state index contributed by atoms with van der Waals surface area (Å²) in [5.41, 5.74) is 1.34. The molecule has 1 aromatic rings. The maximum absolute atomic E-state index is 5.66. The Labute approximate surface area is 112 Å². The molecule has 0 radical (unpaired) electrons. The molecule has 1 N–H and O–H groups in total. The fraction of sp³-hybridized carbons (Fsp3) is 0.625. The summed E-state index contributed by atoms with van der Waals surface area (Å²) in [5.74, 6) is 1.71. The lowest BCUT2D eigenvalue weighted by molar-refractivity contribution is 0.242. The Morgan fingerprint density at radius 2 is 1.61 bits per heavy atom. The summed E-state index contributed by atoms with van der Waals surface area (Å²) < 4.78 is 5.66. The van der Waals surface area contributed by atoms with Gasteiger partial charge in [-0.2, -0.15) is 0 Å². The van der Waals surface area contributed by atoms with Crippen LogP contribution in [0.2, 0.25) is 0 Å². The second kappa shape index (κ2) is 7.42. The SMILES string of the molecule is CNC(CCC(C)C)c1ccc(OC(C)C)cc1. The summed E-state index contributed by atoms with van der Waals surface area (Å²) >= 11 is 0. The summed E-state index contributed by atoms with van der Waals surface area (Å²) in [5, 5.41) is 3.39. The number of hydrogen-bond donors (Lipinski definition) is 1. The Kier molecular flexibility index (Phi) is 6.20. The molecule has 0 spiro atoms. The molecule has 1 aromatic carbocycles. The molecule has 1 unspecified atom stereocenters. The zero-order valence-corrected chi connectivity index (χ0v) is 12.4. The largest absolute Gasteiger partial charge is 0.491 e. The van der Waals surface area contributed by atoms with Crippen LogP contribution in [0.15, 0.2) is 24.3 Å². The van der Waals surface area contributed by atoms with E-state index in [1.807, 2.05) is 20.9 Å². The summed E-state index contributed by atoms with van der Waals surface area (Å²) in [7, 11) is 2.03. The van der Waals surface area contributed by atoms with Crippen molar-refractivity contribution in [3.63, 3.8) is 0 Å². The standard InChI is InChI=1S/C16H27NO/c1-12(2)6-11-16(17-5)14-7-9-15(10-8-14)18-13(3)4/h7-10,12-13,16-17H,6,11H2,1-5H3. The van der Waals surface area contributed by atoms with Crippen molar-refractivity contribution in [1.29, 1.82) is 0 Å². The third kappa shape index (κ3) is 5.09. The van der Waals surface area contributed by atoms with Crippen molar-refractivity contribution in [3.05, 3.63) is 29.8 Å². The Morgan fingerprint density at radius 3 is 2.06 bits per heavy atom. The van der Waals surface area contributed by atoms with Gasteiger partial charge in [0.1, 0.15) is 5.75 Å². The molecule has 102 valence electrons. The molecule has 0 saturated carbocycles. The summed E-state index contributed by atoms with van der Waals surface area (Å²) in [6.07, 6.45) is 2.66. The van der Waals surface area contributed by atoms with E-state index in [0.29, 0.717) is 6.04 Å². The lowest BCUT2D eigenvalue weighted by Crippen LogP contribution is -2.17. The third-order valence-corrected chi connectivity index (χ3v) is 3.04. The van der Waals surface area contributed by atoms with Crippen molar-refractivity contribution in [2.24, 2.45) is 5.92 Å². The predicted octanol–water partition coefficient (Wildman–Crippen LogP) is 4.17. The molecule has 0 bridgehead atoms. The maximum atomic E-state index is 5.66. The Morgan fingerprint density at radius 1 is 1.00 bits per heavy atom. The highest BCUT2D eigenvalue weighted by molar-refractivity contribution is 5.29. The van der Waals surface area contributed by atoms with Gasteiger partial charge in [-0.05, 0) is 57.4 Å². The van der Waals surface area contributed by atoms with Gasteiger partial charge in [0.05, 0.1) is 6.10 Å². The van der Waals surface area contributed by atoms with E-state index in [0.717, 1.165) is 11.7 Å². The summed E-state index contributed by atoms with van der Waals surface area (Å²) in [6.45, 7) is 8.64. The Hall–Kier alpha value is -1.02. The monoisotopic (exact) mass is 249 g/mol. The zero-order chi connectivity index (χ0) is 13.5. The van der Waals surface area contributed by atoms with Gasteiger partial charge in [-0.15, -0.1) is 0 Å². The molecular formula is C16H27NO. The molecule has 2 heteroatoms. The average Bonchev–Trinajstić information content (AvgIpc) is 2.31. The molecule has 0 amide bonds. The molecule has 0 heterocycles. The van der Waals surface area contributed by atoms with Crippen LogP contribution < -0.4 is 10.1 Å². The highest BCUT2D eigenvalue weighted by atomic mass is 16.5. The number of benzene rings is 1. The number of ether oxygens (including phenoxy) is 1. The van der Waals surface area contributed by atoms with Gasteiger partial charge in [0.25, 0.3) is 0 Å². The summed E-state index contributed by atoms with van der Waals surface area (Å²) in [4.78, 5) is 0. The minimum atomic E-state index is 0.233. The molecule has 0 fully saturated rings. The molecule has 1 atom stereocenters. The van der Waals surface area contributed by atoms with Crippen LogP contribution in [0.1, 0.15) is 52.1 Å². The lowest BCUT2D eigenvalue weighted by atomic mass is 9.98. The van der Waals surface area contributed by atoms with E-state index in [-0.39, 0.29) is 6.10 Å². The predicted molar refractivity (Wildman–Crippen MR) is 78.1 cm³/mol. The molecule has 1 rings (SSSR count). The van der Waals surface area contributed by atoms with E-state index in [1.165, 1.54) is 18.4 Å². The van der Waals surface area contributed by atoms with Crippen molar-refractivity contribution in [3.8, 4) is 5.75 Å². The van der Waals surface area contributed by atoms with E-state index >= 15 is 0 Å². The minimum absolute atomic E-state index is 0.233. The fourth-order valence-corrected chi connectivity index (χ4v) is 2.03. The van der Waals surface area contributed by atoms with Crippen molar-refractivity contribution < 1.29 is 4.74 Å². The number of nitrogens with one attached hydrogen (secondary N) is 1. The van der Waals surface area contributed by atoms with Gasteiger partial charge in [0.15, 0.2) is 0 Å². The number of hydrogen-bond acceptors (Lipinski definition) is 2. The van der Waals surface area contributed by atoms with Crippen molar-refractivity contribution in [2.45, 2.75) is 52.7 Å². The quantitative estimate of drug-likeness (QED) is 0.783. The molecule has 0 saturated heterocycles. The van der Waals surface area contributed by atoms with E-state index in [4.69, 9.17) is 4.74 Å². The van der Waals surface area contributed by atoms with Crippen molar-refractivity contribution in [2.75, 3.05) is 7.05 Å². The van der Waals surface area contributed by atoms with Crippen LogP contribution >= 0.6 is 0 Å². The molecule has 0 aromatic heterocycles. The smallest absolute Gasteiger partial charge is 0.119 e. The van der Waals surface area contributed by atoms with Crippen LogP contribution in [-0.2, 0) is 0 Å². The minimum Gasteiger partial charge on any atom is -0.491 e. The van der Waals surface area contributed by atoms with Crippen LogP contribution in [-0.4, -0.2) is 13.2 Å². The van der Waals surface area contributed by atoms with Crippen LogP contribution in [0.5, 0.6) is 5.75 Å². The lowest BCUT2D eigenvalue weighted by Gasteiger charge is -2.18. The second-order valence-electron chi connectivity index (χ2n) is 5.55. The maximum Gasteiger partial charge on any atom is 0.119 e. The average molecular weight is 249 g/mol. The van der Waals surface area contributed by atoms with Gasteiger partial charge >= 0.3 is 0 Å². The fourth-order valence-electron chi connectivity index (χ4n) is 2.03. The van der Waals surface area contributed by atoms with E-state index in [2.05, 4.69) is 43.4 Å². The first kappa shape index (κ1) is 15.0.